The molecule has 22 heavy (non-hydrogen) atoms. The lowest BCUT2D eigenvalue weighted by Gasteiger charge is -2.18. The summed E-state index contributed by atoms with van der Waals surface area (Å²) in [5, 5.41) is 7.21. The number of hydrazone groups is 1. The normalized spacial score (nSPS) is 11.6. The summed E-state index contributed by atoms with van der Waals surface area (Å²) in [6, 6.07) is 7.44. The molecule has 0 unspecified atom stereocenters. The van der Waals surface area contributed by atoms with Crippen LogP contribution >= 0.6 is 22.9 Å². The molecule has 2 rings (SSSR count). The van der Waals surface area contributed by atoms with E-state index in [2.05, 4.69) is 15.5 Å². The van der Waals surface area contributed by atoms with Gasteiger partial charge in [0.25, 0.3) is 0 Å². The monoisotopic (exact) mass is 337 g/mol. The number of thiazole rings is 1. The van der Waals surface area contributed by atoms with Gasteiger partial charge in [-0.3, -0.25) is 0 Å². The zero-order valence-electron chi connectivity index (χ0n) is 12.5. The molecule has 0 fully saturated rings. The largest absolute Gasteiger partial charge is 0.443 e. The summed E-state index contributed by atoms with van der Waals surface area (Å²) in [6.45, 7) is 5.36. The van der Waals surface area contributed by atoms with Gasteiger partial charge in [0, 0.05) is 16.0 Å². The van der Waals surface area contributed by atoms with Gasteiger partial charge in [0.05, 0.1) is 11.9 Å². The van der Waals surface area contributed by atoms with E-state index in [9.17, 15) is 4.79 Å². The minimum absolute atomic E-state index is 0.554. The predicted molar refractivity (Wildman–Crippen MR) is 89.5 cm³/mol. The Labute approximate surface area is 138 Å². The van der Waals surface area contributed by atoms with Gasteiger partial charge < -0.3 is 4.74 Å². The molecule has 0 aliphatic rings. The van der Waals surface area contributed by atoms with Crippen LogP contribution in [-0.4, -0.2) is 22.9 Å². The van der Waals surface area contributed by atoms with E-state index in [1.807, 2.05) is 29.6 Å². The topological polar surface area (TPSA) is 63.6 Å². The fourth-order valence-corrected chi connectivity index (χ4v) is 2.42. The molecular weight excluding hydrogens is 322 g/mol. The second-order valence-corrected chi connectivity index (χ2v) is 6.75. The van der Waals surface area contributed by atoms with Gasteiger partial charge in [-0.05, 0) is 32.9 Å². The van der Waals surface area contributed by atoms with E-state index in [0.29, 0.717) is 10.7 Å². The van der Waals surface area contributed by atoms with Crippen molar-refractivity contribution in [3.8, 4) is 10.6 Å². The average Bonchev–Trinajstić information content (AvgIpc) is 2.86. The van der Waals surface area contributed by atoms with Crippen LogP contribution in [0.3, 0.4) is 0 Å². The van der Waals surface area contributed by atoms with E-state index >= 15 is 0 Å². The van der Waals surface area contributed by atoms with Crippen LogP contribution in [0.1, 0.15) is 26.5 Å². The lowest BCUT2D eigenvalue weighted by atomic mass is 10.2. The molecule has 2 aromatic rings. The number of amides is 1. The lowest BCUT2D eigenvalue weighted by Crippen LogP contribution is -2.29. The molecule has 0 atom stereocenters. The third-order valence-electron chi connectivity index (χ3n) is 2.36. The third-order valence-corrected chi connectivity index (χ3v) is 3.53. The van der Waals surface area contributed by atoms with Gasteiger partial charge in [-0.1, -0.05) is 23.7 Å². The van der Waals surface area contributed by atoms with Crippen molar-refractivity contribution in [1.82, 2.24) is 10.4 Å². The number of benzene rings is 1. The lowest BCUT2D eigenvalue weighted by molar-refractivity contribution is 0.0529. The van der Waals surface area contributed by atoms with Gasteiger partial charge in [-0.15, -0.1) is 11.3 Å². The van der Waals surface area contributed by atoms with Crippen molar-refractivity contribution in [2.75, 3.05) is 0 Å². The van der Waals surface area contributed by atoms with Crippen molar-refractivity contribution >= 4 is 35.2 Å². The molecule has 0 radical (unpaired) electrons. The van der Waals surface area contributed by atoms with Crippen molar-refractivity contribution in [2.45, 2.75) is 26.4 Å². The molecule has 0 bridgehead atoms. The summed E-state index contributed by atoms with van der Waals surface area (Å²) in [5.41, 5.74) is 3.39. The van der Waals surface area contributed by atoms with Crippen LogP contribution < -0.4 is 5.43 Å². The Balaban J connectivity index is 1.96. The molecule has 5 nitrogen and oxygen atoms in total. The van der Waals surface area contributed by atoms with Gasteiger partial charge in [0.2, 0.25) is 0 Å². The molecule has 1 heterocycles. The molecule has 7 heteroatoms. The Hall–Kier alpha value is -1.92. The smallest absolute Gasteiger partial charge is 0.428 e. The molecule has 0 aliphatic heterocycles. The number of hydrogen-bond acceptors (Lipinski definition) is 5. The van der Waals surface area contributed by atoms with Gasteiger partial charge in [-0.2, -0.15) is 5.10 Å². The van der Waals surface area contributed by atoms with E-state index in [-0.39, 0.29) is 0 Å². The second kappa shape index (κ2) is 6.89. The first-order valence-corrected chi connectivity index (χ1v) is 7.83. The molecule has 1 aromatic heterocycles. The fraction of sp³-hybridized carbons (Fsp3) is 0.267. The summed E-state index contributed by atoms with van der Waals surface area (Å²) < 4.78 is 5.07. The first kappa shape index (κ1) is 16.5. The highest BCUT2D eigenvalue weighted by molar-refractivity contribution is 7.13. The van der Waals surface area contributed by atoms with Gasteiger partial charge in [0.1, 0.15) is 10.6 Å². The Morgan fingerprint density at radius 2 is 2.05 bits per heavy atom. The maximum Gasteiger partial charge on any atom is 0.428 e. The SMILES string of the molecule is CC(C)(C)OC(=O)N/N=C\c1csc(-c2ccc(Cl)cc2)n1. The van der Waals surface area contributed by atoms with Crippen molar-refractivity contribution in [2.24, 2.45) is 5.10 Å². The highest BCUT2D eigenvalue weighted by Gasteiger charge is 2.15. The molecule has 0 saturated heterocycles. The molecule has 0 saturated carbocycles. The van der Waals surface area contributed by atoms with Crippen LogP contribution in [0.15, 0.2) is 34.7 Å². The van der Waals surface area contributed by atoms with E-state index < -0.39 is 11.7 Å². The Kier molecular flexibility index (Phi) is 5.15. The minimum atomic E-state index is -0.600. The minimum Gasteiger partial charge on any atom is -0.443 e. The summed E-state index contributed by atoms with van der Waals surface area (Å²) in [4.78, 5) is 15.8. The van der Waals surface area contributed by atoms with Crippen LogP contribution in [-0.2, 0) is 4.74 Å². The average molecular weight is 338 g/mol. The van der Waals surface area contributed by atoms with Gasteiger partial charge in [-0.25, -0.2) is 15.2 Å². The molecule has 116 valence electrons. The number of halogens is 1. The van der Waals surface area contributed by atoms with Crippen LogP contribution in [0.25, 0.3) is 10.6 Å². The standard InChI is InChI=1S/C15H16ClN3O2S/c1-15(2,3)21-14(20)19-17-8-12-9-22-13(18-12)10-4-6-11(16)7-5-10/h4-9H,1-3H3,(H,19,20)/b17-8-. The van der Waals surface area contributed by atoms with Crippen LogP contribution in [0.5, 0.6) is 0 Å². The maximum absolute atomic E-state index is 11.4. The Morgan fingerprint density at radius 3 is 2.68 bits per heavy atom. The second-order valence-electron chi connectivity index (χ2n) is 5.46. The van der Waals surface area contributed by atoms with Crippen LogP contribution in [0.2, 0.25) is 5.02 Å². The number of rotatable bonds is 3. The molecule has 1 aromatic carbocycles. The summed E-state index contributed by atoms with van der Waals surface area (Å²) in [5.74, 6) is 0. The highest BCUT2D eigenvalue weighted by atomic mass is 35.5. The van der Waals surface area contributed by atoms with E-state index in [0.717, 1.165) is 10.6 Å². The fourth-order valence-electron chi connectivity index (χ4n) is 1.52. The third kappa shape index (κ3) is 5.13. The van der Waals surface area contributed by atoms with E-state index in [1.165, 1.54) is 17.6 Å². The Bertz CT molecular complexity index is 675. The first-order valence-electron chi connectivity index (χ1n) is 6.57. The molecule has 0 aliphatic carbocycles. The molecule has 1 amide bonds. The number of carbonyl (C=O) groups is 1. The number of aromatic nitrogens is 1. The Morgan fingerprint density at radius 1 is 1.36 bits per heavy atom. The van der Waals surface area contributed by atoms with Crippen LogP contribution in [0, 0.1) is 0 Å². The summed E-state index contributed by atoms with van der Waals surface area (Å²) >= 11 is 7.35. The quantitative estimate of drug-likeness (QED) is 0.670. The number of nitrogens with one attached hydrogen (secondary N) is 1. The summed E-state index contributed by atoms with van der Waals surface area (Å²) in [7, 11) is 0. The van der Waals surface area contributed by atoms with Crippen molar-refractivity contribution in [3.05, 3.63) is 40.4 Å². The highest BCUT2D eigenvalue weighted by Crippen LogP contribution is 2.24. The molecule has 0 spiro atoms. The summed E-state index contributed by atoms with van der Waals surface area (Å²) in [6.07, 6.45) is 0.872. The first-order chi connectivity index (χ1) is 10.3. The number of hydrogen-bond donors (Lipinski definition) is 1. The van der Waals surface area contributed by atoms with Crippen molar-refractivity contribution in [1.29, 1.82) is 0 Å². The van der Waals surface area contributed by atoms with Crippen LogP contribution in [0.4, 0.5) is 4.79 Å². The molecular formula is C15H16ClN3O2S. The predicted octanol–water partition coefficient (Wildman–Crippen LogP) is 4.32. The van der Waals surface area contributed by atoms with Gasteiger partial charge in [0.15, 0.2) is 0 Å². The number of carbonyl (C=O) groups excluding carboxylic acids is 1. The number of nitrogens with zero attached hydrogens (tertiary/aromatic N) is 2. The number of ether oxygens (including phenoxy) is 1. The maximum atomic E-state index is 11.4. The van der Waals surface area contributed by atoms with Crippen molar-refractivity contribution < 1.29 is 9.53 Å². The zero-order chi connectivity index (χ0) is 16.2. The van der Waals surface area contributed by atoms with Gasteiger partial charge >= 0.3 is 6.09 Å². The van der Waals surface area contributed by atoms with E-state index in [1.54, 1.807) is 20.8 Å². The van der Waals surface area contributed by atoms with Crippen molar-refractivity contribution in [3.63, 3.8) is 0 Å². The van der Waals surface area contributed by atoms with E-state index in [4.69, 9.17) is 16.3 Å². The molecule has 1 N–H and O–H groups in total. The zero-order valence-corrected chi connectivity index (χ0v) is 14.0.